The van der Waals surface area contributed by atoms with Gasteiger partial charge in [-0.15, -0.1) is 0 Å². The van der Waals surface area contributed by atoms with Crippen LogP contribution in [0.2, 0.25) is 0 Å². The molecule has 5 aromatic rings. The zero-order valence-corrected chi connectivity index (χ0v) is 18.0. The first-order chi connectivity index (χ1) is 16.6. The first-order valence-corrected chi connectivity index (χ1v) is 10.6. The SMILES string of the molecule is NN(C(=O)c1ccoc1)C(=O)c1oc(-c2ccccc2)c(-c2ccccc2)c1-c1ccccc1. The Kier molecular flexibility index (Phi) is 5.64. The van der Waals surface area contributed by atoms with Gasteiger partial charge in [0.05, 0.1) is 11.8 Å². The van der Waals surface area contributed by atoms with Gasteiger partial charge in [0, 0.05) is 16.7 Å². The number of hydrogen-bond donors (Lipinski definition) is 1. The molecule has 0 saturated heterocycles. The number of nitrogens with two attached hydrogens (primary N) is 1. The van der Waals surface area contributed by atoms with Crippen LogP contribution in [0.15, 0.2) is 118 Å². The van der Waals surface area contributed by atoms with Crippen LogP contribution >= 0.6 is 0 Å². The van der Waals surface area contributed by atoms with Crippen molar-refractivity contribution in [1.82, 2.24) is 5.01 Å². The van der Waals surface area contributed by atoms with Gasteiger partial charge in [0.25, 0.3) is 5.91 Å². The molecule has 3 aromatic carbocycles. The summed E-state index contributed by atoms with van der Waals surface area (Å²) in [6.07, 6.45) is 2.58. The normalized spacial score (nSPS) is 10.7. The zero-order chi connectivity index (χ0) is 23.5. The number of nitrogens with zero attached hydrogens (tertiary/aromatic N) is 1. The third-order valence-electron chi connectivity index (χ3n) is 5.47. The van der Waals surface area contributed by atoms with E-state index in [0.29, 0.717) is 16.3 Å². The quantitative estimate of drug-likeness (QED) is 0.153. The van der Waals surface area contributed by atoms with Crippen molar-refractivity contribution in [2.45, 2.75) is 0 Å². The van der Waals surface area contributed by atoms with Gasteiger partial charge >= 0.3 is 5.91 Å². The number of amides is 2. The topological polar surface area (TPSA) is 89.7 Å². The molecule has 2 amide bonds. The Bertz CT molecular complexity index is 1420. The molecule has 0 fully saturated rings. The molecule has 0 aliphatic heterocycles. The molecule has 34 heavy (non-hydrogen) atoms. The van der Waals surface area contributed by atoms with E-state index >= 15 is 0 Å². The number of benzene rings is 3. The Hall–Kier alpha value is -4.68. The van der Waals surface area contributed by atoms with E-state index in [1.807, 2.05) is 91.0 Å². The van der Waals surface area contributed by atoms with Crippen molar-refractivity contribution < 1.29 is 18.4 Å². The molecule has 0 saturated carbocycles. The lowest BCUT2D eigenvalue weighted by Gasteiger charge is -2.13. The van der Waals surface area contributed by atoms with Crippen LogP contribution in [-0.2, 0) is 0 Å². The number of carbonyl (C=O) groups is 2. The second-order valence-electron chi connectivity index (χ2n) is 7.60. The third kappa shape index (κ3) is 3.83. The number of hydrazine groups is 1. The highest BCUT2D eigenvalue weighted by molar-refractivity contribution is 6.13. The summed E-state index contributed by atoms with van der Waals surface area (Å²) < 4.78 is 11.2. The van der Waals surface area contributed by atoms with Crippen molar-refractivity contribution in [1.29, 1.82) is 0 Å². The first-order valence-electron chi connectivity index (χ1n) is 10.6. The zero-order valence-electron chi connectivity index (χ0n) is 18.0. The Morgan fingerprint density at radius 1 is 0.647 bits per heavy atom. The lowest BCUT2D eigenvalue weighted by atomic mass is 9.93. The second kappa shape index (κ2) is 9.05. The fourth-order valence-corrected chi connectivity index (χ4v) is 3.86. The van der Waals surface area contributed by atoms with Gasteiger partial charge in [-0.05, 0) is 17.2 Å². The maximum Gasteiger partial charge on any atom is 0.311 e. The largest absolute Gasteiger partial charge is 0.472 e. The van der Waals surface area contributed by atoms with Crippen LogP contribution in [0.25, 0.3) is 33.6 Å². The van der Waals surface area contributed by atoms with Crippen LogP contribution in [0, 0.1) is 0 Å². The van der Waals surface area contributed by atoms with Crippen molar-refractivity contribution in [3.8, 4) is 33.6 Å². The van der Waals surface area contributed by atoms with Crippen molar-refractivity contribution in [2.24, 2.45) is 5.84 Å². The van der Waals surface area contributed by atoms with E-state index in [1.165, 1.54) is 18.6 Å². The summed E-state index contributed by atoms with van der Waals surface area (Å²) in [5.41, 5.74) is 3.89. The third-order valence-corrected chi connectivity index (χ3v) is 5.47. The molecule has 0 aliphatic rings. The molecule has 0 spiro atoms. The fraction of sp³-hybridized carbons (Fsp3) is 0. The van der Waals surface area contributed by atoms with Crippen LogP contribution in [0.3, 0.4) is 0 Å². The highest BCUT2D eigenvalue weighted by Crippen LogP contribution is 2.44. The van der Waals surface area contributed by atoms with E-state index in [2.05, 4.69) is 0 Å². The molecule has 0 bridgehead atoms. The summed E-state index contributed by atoms with van der Waals surface area (Å²) in [5.74, 6) is 5.03. The van der Waals surface area contributed by atoms with Crippen LogP contribution in [0.4, 0.5) is 0 Å². The molecular formula is C28H20N2O4. The minimum atomic E-state index is -0.760. The van der Waals surface area contributed by atoms with Gasteiger partial charge in [-0.3, -0.25) is 9.59 Å². The van der Waals surface area contributed by atoms with E-state index < -0.39 is 11.8 Å². The predicted molar refractivity (Wildman–Crippen MR) is 128 cm³/mol. The monoisotopic (exact) mass is 448 g/mol. The van der Waals surface area contributed by atoms with Gasteiger partial charge in [0.2, 0.25) is 5.76 Å². The number of rotatable bonds is 5. The van der Waals surface area contributed by atoms with Gasteiger partial charge in [-0.25, -0.2) is 10.9 Å². The van der Waals surface area contributed by atoms with Crippen molar-refractivity contribution in [3.63, 3.8) is 0 Å². The van der Waals surface area contributed by atoms with Crippen LogP contribution < -0.4 is 5.84 Å². The fourth-order valence-electron chi connectivity index (χ4n) is 3.86. The number of carbonyl (C=O) groups excluding carboxylic acids is 2. The van der Waals surface area contributed by atoms with E-state index in [4.69, 9.17) is 14.7 Å². The van der Waals surface area contributed by atoms with Crippen LogP contribution in [0.1, 0.15) is 20.9 Å². The summed E-state index contributed by atoms with van der Waals surface area (Å²) in [6.45, 7) is 0. The van der Waals surface area contributed by atoms with E-state index in [9.17, 15) is 9.59 Å². The molecule has 0 unspecified atom stereocenters. The average molecular weight is 448 g/mol. The van der Waals surface area contributed by atoms with Gasteiger partial charge < -0.3 is 8.83 Å². The Balaban J connectivity index is 1.76. The molecule has 2 heterocycles. The van der Waals surface area contributed by atoms with Gasteiger partial charge in [-0.2, -0.15) is 0 Å². The Morgan fingerprint density at radius 2 is 1.18 bits per heavy atom. The van der Waals surface area contributed by atoms with E-state index in [-0.39, 0.29) is 11.3 Å². The first kappa shape index (κ1) is 21.2. The molecule has 2 aromatic heterocycles. The van der Waals surface area contributed by atoms with E-state index in [1.54, 1.807) is 0 Å². The lowest BCUT2D eigenvalue weighted by molar-refractivity contribution is 0.0597. The maximum atomic E-state index is 13.6. The standard InChI is InChI=1S/C28H20N2O4/c29-30(27(31)22-16-17-33-18-22)28(32)26-24(20-12-6-2-7-13-20)23(19-10-4-1-5-11-19)25(34-26)21-14-8-3-9-15-21/h1-18H,29H2. The molecule has 0 atom stereocenters. The minimum Gasteiger partial charge on any atom is -0.472 e. The van der Waals surface area contributed by atoms with Crippen LogP contribution in [-0.4, -0.2) is 16.8 Å². The Labute approximate surface area is 195 Å². The lowest BCUT2D eigenvalue weighted by Crippen LogP contribution is -2.42. The number of hydrogen-bond acceptors (Lipinski definition) is 5. The molecule has 6 nitrogen and oxygen atoms in total. The van der Waals surface area contributed by atoms with Crippen molar-refractivity contribution >= 4 is 11.8 Å². The highest BCUT2D eigenvalue weighted by atomic mass is 16.4. The van der Waals surface area contributed by atoms with E-state index in [0.717, 1.165) is 22.3 Å². The summed E-state index contributed by atoms with van der Waals surface area (Å²) >= 11 is 0. The molecule has 5 rings (SSSR count). The van der Waals surface area contributed by atoms with Gasteiger partial charge in [-0.1, -0.05) is 91.0 Å². The minimum absolute atomic E-state index is 0.0248. The van der Waals surface area contributed by atoms with Gasteiger partial charge in [0.15, 0.2) is 0 Å². The molecule has 2 N–H and O–H groups in total. The highest BCUT2D eigenvalue weighted by Gasteiger charge is 2.32. The second-order valence-corrected chi connectivity index (χ2v) is 7.60. The molecular weight excluding hydrogens is 428 g/mol. The molecule has 0 aliphatic carbocycles. The van der Waals surface area contributed by atoms with Crippen molar-refractivity contribution in [2.75, 3.05) is 0 Å². The van der Waals surface area contributed by atoms with Crippen LogP contribution in [0.5, 0.6) is 0 Å². The summed E-state index contributed by atoms with van der Waals surface area (Å²) in [7, 11) is 0. The molecule has 0 radical (unpaired) electrons. The summed E-state index contributed by atoms with van der Waals surface area (Å²) in [4.78, 5) is 26.3. The predicted octanol–water partition coefficient (Wildman–Crippen LogP) is 6.03. The summed E-state index contributed by atoms with van der Waals surface area (Å²) in [6, 6.07) is 30.1. The number of furan rings is 2. The Morgan fingerprint density at radius 3 is 1.71 bits per heavy atom. The molecule has 166 valence electrons. The number of imide groups is 1. The summed E-state index contributed by atoms with van der Waals surface area (Å²) in [5, 5.41) is 0.555. The maximum absolute atomic E-state index is 13.6. The van der Waals surface area contributed by atoms with Gasteiger partial charge in [0.1, 0.15) is 12.0 Å². The molecule has 6 heteroatoms. The van der Waals surface area contributed by atoms with Crippen molar-refractivity contribution in [3.05, 3.63) is 121 Å². The smallest absolute Gasteiger partial charge is 0.311 e. The average Bonchev–Trinajstić information content (AvgIpc) is 3.58.